The minimum atomic E-state index is -2.91. The highest BCUT2D eigenvalue weighted by Crippen LogP contribution is 2.21. The normalized spacial score (nSPS) is 12.5. The molecule has 0 saturated carbocycles. The maximum atomic E-state index is 11.2. The lowest BCUT2D eigenvalue weighted by molar-refractivity contribution is 0.365. The number of halogens is 1. The van der Waals surface area contributed by atoms with Gasteiger partial charge in [-0.2, -0.15) is 0 Å². The van der Waals surface area contributed by atoms with E-state index in [-0.39, 0.29) is 35.1 Å². The molecule has 0 spiro atoms. The number of rotatable bonds is 8. The molecule has 5 nitrogen and oxygen atoms in total. The van der Waals surface area contributed by atoms with Gasteiger partial charge in [-0.25, -0.2) is 8.42 Å². The molecule has 120 valence electrons. The van der Waals surface area contributed by atoms with E-state index in [4.69, 9.17) is 0 Å². The van der Waals surface area contributed by atoms with Crippen molar-refractivity contribution in [3.8, 4) is 0 Å². The number of aliphatic imine (C=N–C) groups is 1. The second-order valence-corrected chi connectivity index (χ2v) is 7.67. The topological polar surface area (TPSA) is 70.6 Å². The Hall–Kier alpha value is -0.310. The van der Waals surface area contributed by atoms with Crippen molar-refractivity contribution in [2.75, 3.05) is 31.6 Å². The number of nitrogens with zero attached hydrogens (tertiary/aromatic N) is 1. The zero-order valence-corrected chi connectivity index (χ0v) is 16.0. The second-order valence-electron chi connectivity index (χ2n) is 5.41. The molecule has 0 radical (unpaired) electrons. The molecule has 0 amide bonds. The monoisotopic (exact) mass is 417 g/mol. The van der Waals surface area contributed by atoms with E-state index in [9.17, 15) is 8.42 Å². The summed E-state index contributed by atoms with van der Waals surface area (Å²) in [5, 5.41) is 6.25. The highest BCUT2D eigenvalue weighted by Gasteiger charge is 2.20. The van der Waals surface area contributed by atoms with Gasteiger partial charge in [0.05, 0.1) is 5.75 Å². The van der Waals surface area contributed by atoms with Crippen LogP contribution in [0.5, 0.6) is 0 Å². The lowest BCUT2D eigenvalue weighted by atomic mass is 9.90. The van der Waals surface area contributed by atoms with Crippen molar-refractivity contribution < 1.29 is 8.42 Å². The zero-order valence-electron chi connectivity index (χ0n) is 12.9. The van der Waals surface area contributed by atoms with Crippen LogP contribution in [0.2, 0.25) is 0 Å². The van der Waals surface area contributed by atoms with Gasteiger partial charge in [0, 0.05) is 25.9 Å². The molecule has 0 heterocycles. The molecular formula is C13H28IN3O2S. The fourth-order valence-electron chi connectivity index (χ4n) is 1.34. The standard InChI is InChI=1S/C13H27N3O2S.HI/c1-6-9-15-12(14-7-2)16-11-13(3,4)8-10-19(5,17)18;/h6H,1,7-11H2,2-5H3,(H2,14,15,16);1H. The third-order valence-electron chi connectivity index (χ3n) is 2.57. The van der Waals surface area contributed by atoms with E-state index in [0.29, 0.717) is 19.5 Å². The van der Waals surface area contributed by atoms with Crippen molar-refractivity contribution in [1.29, 1.82) is 0 Å². The molecule has 0 aliphatic carbocycles. The van der Waals surface area contributed by atoms with Crippen LogP contribution in [0, 0.1) is 5.41 Å². The summed E-state index contributed by atoms with van der Waals surface area (Å²) in [4.78, 5) is 4.48. The lowest BCUT2D eigenvalue weighted by Crippen LogP contribution is -2.38. The average molecular weight is 417 g/mol. The van der Waals surface area contributed by atoms with Gasteiger partial charge < -0.3 is 10.6 Å². The third kappa shape index (κ3) is 12.7. The fourth-order valence-corrected chi connectivity index (χ4v) is 2.27. The van der Waals surface area contributed by atoms with Crippen LogP contribution >= 0.6 is 24.0 Å². The Balaban J connectivity index is 0. The van der Waals surface area contributed by atoms with Crippen LogP contribution in [-0.2, 0) is 9.84 Å². The predicted octanol–water partition coefficient (Wildman–Crippen LogP) is 1.81. The Bertz CT molecular complexity index is 406. The van der Waals surface area contributed by atoms with E-state index >= 15 is 0 Å². The van der Waals surface area contributed by atoms with Crippen LogP contribution in [0.25, 0.3) is 0 Å². The molecule has 0 aromatic rings. The first-order valence-corrected chi connectivity index (χ1v) is 8.57. The Kier molecular flexibility index (Phi) is 11.5. The van der Waals surface area contributed by atoms with Gasteiger partial charge in [0.1, 0.15) is 9.84 Å². The molecule has 0 bridgehead atoms. The largest absolute Gasteiger partial charge is 0.357 e. The Morgan fingerprint density at radius 1 is 1.35 bits per heavy atom. The lowest BCUT2D eigenvalue weighted by Gasteiger charge is -2.22. The summed E-state index contributed by atoms with van der Waals surface area (Å²) in [6.45, 7) is 11.7. The van der Waals surface area contributed by atoms with E-state index in [1.807, 2.05) is 20.8 Å². The van der Waals surface area contributed by atoms with Gasteiger partial charge in [-0.05, 0) is 18.8 Å². The van der Waals surface area contributed by atoms with Crippen LogP contribution in [-0.4, -0.2) is 46.0 Å². The molecular weight excluding hydrogens is 389 g/mol. The third-order valence-corrected chi connectivity index (χ3v) is 3.52. The molecule has 0 aromatic carbocycles. The SMILES string of the molecule is C=CCNC(=NCC(C)(C)CCS(C)(=O)=O)NCC.I. The fraction of sp³-hybridized carbons (Fsp3) is 0.769. The first-order chi connectivity index (χ1) is 8.70. The summed E-state index contributed by atoms with van der Waals surface area (Å²) in [6, 6.07) is 0. The number of guanidine groups is 1. The quantitative estimate of drug-likeness (QED) is 0.274. The molecule has 0 aliphatic heterocycles. The van der Waals surface area contributed by atoms with Gasteiger partial charge in [-0.3, -0.25) is 4.99 Å². The Labute approximate surface area is 140 Å². The summed E-state index contributed by atoms with van der Waals surface area (Å²) in [7, 11) is -2.91. The molecule has 0 atom stereocenters. The summed E-state index contributed by atoms with van der Waals surface area (Å²) in [6.07, 6.45) is 3.64. The van der Waals surface area contributed by atoms with Gasteiger partial charge >= 0.3 is 0 Å². The van der Waals surface area contributed by atoms with Crippen LogP contribution < -0.4 is 10.6 Å². The summed E-state index contributed by atoms with van der Waals surface area (Å²) < 4.78 is 22.4. The second kappa shape index (κ2) is 10.4. The maximum Gasteiger partial charge on any atom is 0.191 e. The molecule has 0 saturated heterocycles. The van der Waals surface area contributed by atoms with E-state index in [1.165, 1.54) is 6.26 Å². The van der Waals surface area contributed by atoms with Crippen LogP contribution in [0.1, 0.15) is 27.2 Å². The molecule has 0 fully saturated rings. The van der Waals surface area contributed by atoms with Crippen LogP contribution in [0.3, 0.4) is 0 Å². The summed E-state index contributed by atoms with van der Waals surface area (Å²) in [5.74, 6) is 0.932. The molecule has 0 aliphatic rings. The molecule has 2 N–H and O–H groups in total. The van der Waals surface area contributed by atoms with Gasteiger partial charge in [0.2, 0.25) is 0 Å². The number of hydrogen-bond donors (Lipinski definition) is 2. The van der Waals surface area contributed by atoms with Crippen molar-refractivity contribution >= 4 is 39.8 Å². The first-order valence-electron chi connectivity index (χ1n) is 6.51. The average Bonchev–Trinajstić information content (AvgIpc) is 2.30. The first kappa shape index (κ1) is 22.0. The number of nitrogens with one attached hydrogen (secondary N) is 2. The number of sulfone groups is 1. The van der Waals surface area contributed by atoms with Crippen LogP contribution in [0.15, 0.2) is 17.6 Å². The Morgan fingerprint density at radius 2 is 1.95 bits per heavy atom. The smallest absolute Gasteiger partial charge is 0.191 e. The van der Waals surface area contributed by atoms with E-state index in [1.54, 1.807) is 6.08 Å². The van der Waals surface area contributed by atoms with Crippen molar-refractivity contribution in [1.82, 2.24) is 10.6 Å². The summed E-state index contributed by atoms with van der Waals surface area (Å²) in [5.41, 5.74) is -0.139. The van der Waals surface area contributed by atoms with Gasteiger partial charge in [0.15, 0.2) is 5.96 Å². The molecule has 0 rings (SSSR count). The van der Waals surface area contributed by atoms with Crippen molar-refractivity contribution in [3.63, 3.8) is 0 Å². The van der Waals surface area contributed by atoms with Crippen molar-refractivity contribution in [3.05, 3.63) is 12.7 Å². The van der Waals surface area contributed by atoms with Crippen LogP contribution in [0.4, 0.5) is 0 Å². The maximum absolute atomic E-state index is 11.2. The van der Waals surface area contributed by atoms with Gasteiger partial charge in [0.25, 0.3) is 0 Å². The molecule has 0 unspecified atom stereocenters. The highest BCUT2D eigenvalue weighted by molar-refractivity contribution is 14.0. The number of hydrogen-bond acceptors (Lipinski definition) is 3. The highest BCUT2D eigenvalue weighted by atomic mass is 127. The molecule has 20 heavy (non-hydrogen) atoms. The molecule has 7 heteroatoms. The molecule has 0 aromatic heterocycles. The minimum Gasteiger partial charge on any atom is -0.357 e. The van der Waals surface area contributed by atoms with Crippen molar-refractivity contribution in [2.45, 2.75) is 27.2 Å². The van der Waals surface area contributed by atoms with E-state index in [2.05, 4.69) is 22.2 Å². The van der Waals surface area contributed by atoms with Crippen molar-refractivity contribution in [2.24, 2.45) is 10.4 Å². The van der Waals surface area contributed by atoms with E-state index in [0.717, 1.165) is 12.5 Å². The van der Waals surface area contributed by atoms with E-state index < -0.39 is 9.84 Å². The Morgan fingerprint density at radius 3 is 2.40 bits per heavy atom. The minimum absolute atomic E-state index is 0. The van der Waals surface area contributed by atoms with Gasteiger partial charge in [-0.15, -0.1) is 30.6 Å². The summed E-state index contributed by atoms with van der Waals surface area (Å²) >= 11 is 0. The zero-order chi connectivity index (χ0) is 14.9. The predicted molar refractivity (Wildman–Crippen MR) is 97.7 cm³/mol. The van der Waals surface area contributed by atoms with Gasteiger partial charge in [-0.1, -0.05) is 19.9 Å².